The van der Waals surface area contributed by atoms with Gasteiger partial charge in [-0.2, -0.15) is 4.98 Å². The lowest BCUT2D eigenvalue weighted by Gasteiger charge is -2.22. The minimum Gasteiger partial charge on any atom is -1.00 e. The molecule has 0 spiro atoms. The third-order valence-electron chi connectivity index (χ3n) is 8.39. The monoisotopic (exact) mass is 734 g/mol. The summed E-state index contributed by atoms with van der Waals surface area (Å²) in [4.78, 5) is 52.2. The van der Waals surface area contributed by atoms with Gasteiger partial charge in [0.05, 0.1) is 10.7 Å². The van der Waals surface area contributed by atoms with Crippen LogP contribution < -0.4 is 50.6 Å². The Bertz CT molecular complexity index is 2280. The standard InChI is InChI=1S/C39H38N8O5.ClH/c40-29-22-34-35(28-15-8-7-14-27(28)29)45-30-18-17-26(21-33(30)52-34)44-36(48)31(16-9-19-43-38(41)42)46-37(49)32(20-24-10-3-1-4-11-24)47-39(50)51-23-25-12-5-2-6-13-25;/h1-8,10-15,17-18,21-22,31-32H,9,16,19-20,23,40H2,(H,46,49)(H,47,50)(H4,41,42,43);1H/t31-,32-;/m0./s1. The first-order valence-corrected chi connectivity index (χ1v) is 16.8. The number of ether oxygens (including phenoxy) is 1. The number of halogens is 1. The van der Waals surface area contributed by atoms with Crippen molar-refractivity contribution in [3.63, 3.8) is 0 Å². The Morgan fingerprint density at radius 3 is 2.21 bits per heavy atom. The molecule has 6 rings (SSSR count). The number of H-pyrrole nitrogens is 1. The summed E-state index contributed by atoms with van der Waals surface area (Å²) >= 11 is 0. The van der Waals surface area contributed by atoms with Crippen molar-refractivity contribution >= 4 is 51.4 Å². The number of nitrogens with one attached hydrogen (secondary N) is 3. The number of nitrogens with zero attached hydrogens (tertiary/aromatic N) is 2. The molecule has 4 aromatic carbocycles. The van der Waals surface area contributed by atoms with Crippen molar-refractivity contribution in [1.82, 2.24) is 10.6 Å². The number of aromatic nitrogens is 1. The zero-order chi connectivity index (χ0) is 36.5. The number of rotatable bonds is 12. The average Bonchev–Trinajstić information content (AvgIpc) is 3.15. The van der Waals surface area contributed by atoms with Crippen LogP contribution in [0.2, 0.25) is 0 Å². The number of hydrogen-bond donors (Lipinski definition) is 5. The first-order chi connectivity index (χ1) is 25.2. The third-order valence-corrected chi connectivity index (χ3v) is 8.39. The predicted octanol–water partition coefficient (Wildman–Crippen LogP) is 0.595. The topological polar surface area (TPSA) is 215 Å². The number of guanidine groups is 1. The Morgan fingerprint density at radius 1 is 0.811 bits per heavy atom. The summed E-state index contributed by atoms with van der Waals surface area (Å²) in [7, 11) is 0. The van der Waals surface area contributed by atoms with E-state index in [4.69, 9.17) is 26.4 Å². The van der Waals surface area contributed by atoms with Crippen LogP contribution in [0.3, 0.4) is 0 Å². The molecule has 0 bridgehead atoms. The van der Waals surface area contributed by atoms with E-state index in [9.17, 15) is 14.4 Å². The van der Waals surface area contributed by atoms with E-state index >= 15 is 0 Å². The van der Waals surface area contributed by atoms with Crippen LogP contribution in [-0.4, -0.2) is 42.5 Å². The van der Waals surface area contributed by atoms with Gasteiger partial charge in [0.25, 0.3) is 11.4 Å². The van der Waals surface area contributed by atoms with Crippen molar-refractivity contribution in [1.29, 1.82) is 0 Å². The van der Waals surface area contributed by atoms with E-state index in [2.05, 4.69) is 25.6 Å². The number of nitrogen functional groups attached to an aromatic ring is 1. The summed E-state index contributed by atoms with van der Waals surface area (Å²) in [6.07, 6.45) is -0.0949. The summed E-state index contributed by atoms with van der Waals surface area (Å²) < 4.78 is 11.6. The highest BCUT2D eigenvalue weighted by molar-refractivity contribution is 6.07. The molecule has 1 aliphatic carbocycles. The van der Waals surface area contributed by atoms with Gasteiger partial charge in [-0.3, -0.25) is 14.6 Å². The van der Waals surface area contributed by atoms with Gasteiger partial charge in [-0.25, -0.2) is 9.79 Å². The second-order valence-electron chi connectivity index (χ2n) is 12.2. The molecule has 53 heavy (non-hydrogen) atoms. The number of alkyl carbamates (subject to hydrolysis) is 1. The lowest BCUT2D eigenvalue weighted by Crippen LogP contribution is -3.00. The quantitative estimate of drug-likeness (QED) is 0.0299. The average molecular weight is 735 g/mol. The lowest BCUT2D eigenvalue weighted by molar-refractivity contribution is -0.332. The molecule has 1 aliphatic heterocycles. The zero-order valence-electron chi connectivity index (χ0n) is 28.6. The van der Waals surface area contributed by atoms with Crippen molar-refractivity contribution in [3.8, 4) is 11.5 Å². The van der Waals surface area contributed by atoms with E-state index in [-0.39, 0.29) is 44.4 Å². The van der Waals surface area contributed by atoms with Crippen LogP contribution in [-0.2, 0) is 27.4 Å². The second-order valence-corrected chi connectivity index (χ2v) is 12.2. The summed E-state index contributed by atoms with van der Waals surface area (Å²) in [5, 5.41) is 7.60. The fraction of sp³-hybridized carbons (Fsp3) is 0.179. The Kier molecular flexibility index (Phi) is 12.6. The van der Waals surface area contributed by atoms with Gasteiger partial charge < -0.3 is 49.4 Å². The number of carbonyl (C=O) groups is 3. The largest absolute Gasteiger partial charge is 1.00 e. The van der Waals surface area contributed by atoms with E-state index in [0.29, 0.717) is 34.5 Å². The van der Waals surface area contributed by atoms with Crippen molar-refractivity contribution in [2.45, 2.75) is 38.0 Å². The van der Waals surface area contributed by atoms with Crippen LogP contribution in [0, 0.1) is 0 Å². The highest BCUT2D eigenvalue weighted by Gasteiger charge is 2.28. The molecule has 3 amide bonds. The number of aliphatic imine (C=N–C) groups is 1. The van der Waals surface area contributed by atoms with Crippen LogP contribution >= 0.6 is 0 Å². The van der Waals surface area contributed by atoms with Crippen LogP contribution in [0.25, 0.3) is 33.3 Å². The molecule has 4 aromatic rings. The molecule has 13 nitrogen and oxygen atoms in total. The molecule has 1 heterocycles. The van der Waals surface area contributed by atoms with Gasteiger partial charge in [0.1, 0.15) is 18.7 Å². The minimum absolute atomic E-state index is 0. The SMILES string of the molecule is NC(N)=NCCC[C@H](NC(=O)[C@H](Cc1ccccc1)NC(=O)OCc1ccccc1)C(=O)N=c1ccc2[nH+]c3c(cc(N)c4ccccc43)oc-2c1.[Cl-]. The van der Waals surface area contributed by atoms with Gasteiger partial charge in [-0.05, 0) is 36.1 Å². The van der Waals surface area contributed by atoms with Crippen molar-refractivity contribution in [2.75, 3.05) is 12.3 Å². The summed E-state index contributed by atoms with van der Waals surface area (Å²) in [5.41, 5.74) is 21.5. The molecular formula is C39H39ClN8O5. The van der Waals surface area contributed by atoms with Gasteiger partial charge in [-0.15, -0.1) is 0 Å². The van der Waals surface area contributed by atoms with Crippen molar-refractivity contribution < 1.29 is 40.9 Å². The Morgan fingerprint density at radius 2 is 1.49 bits per heavy atom. The van der Waals surface area contributed by atoms with Crippen molar-refractivity contribution in [2.24, 2.45) is 21.5 Å². The third kappa shape index (κ3) is 9.86. The molecule has 0 radical (unpaired) electrons. The van der Waals surface area contributed by atoms with Gasteiger partial charge in [0, 0.05) is 42.2 Å². The second kappa shape index (κ2) is 17.6. The molecule has 0 saturated heterocycles. The maximum Gasteiger partial charge on any atom is 0.408 e. The predicted molar refractivity (Wildman–Crippen MR) is 197 cm³/mol. The smallest absolute Gasteiger partial charge is 0.408 e. The van der Waals surface area contributed by atoms with Crippen LogP contribution in [0.1, 0.15) is 24.0 Å². The molecule has 0 aromatic heterocycles. The fourth-order valence-electron chi connectivity index (χ4n) is 5.81. The van der Waals surface area contributed by atoms with Crippen molar-refractivity contribution in [3.05, 3.63) is 126 Å². The molecule has 14 heteroatoms. The molecule has 2 atom stereocenters. The Balaban J connectivity index is 0.00000541. The maximum atomic E-state index is 13.8. The van der Waals surface area contributed by atoms with Gasteiger partial charge >= 0.3 is 6.09 Å². The molecule has 272 valence electrons. The number of carbonyl (C=O) groups excluding carboxylic acids is 3. The van der Waals surface area contributed by atoms with E-state index < -0.39 is 30.0 Å². The number of aromatic amines is 1. The normalized spacial score (nSPS) is 12.4. The van der Waals surface area contributed by atoms with Crippen LogP contribution in [0.5, 0.6) is 0 Å². The van der Waals surface area contributed by atoms with E-state index in [1.54, 1.807) is 24.3 Å². The minimum atomic E-state index is -1.07. The Labute approximate surface area is 311 Å². The number of hydrogen-bond acceptors (Lipinski definition) is 7. The number of anilines is 1. The molecule has 9 N–H and O–H groups in total. The molecular weight excluding hydrogens is 696 g/mol. The van der Waals surface area contributed by atoms with E-state index in [1.807, 2.05) is 84.9 Å². The molecule has 2 aliphatic rings. The van der Waals surface area contributed by atoms with Gasteiger partial charge in [-0.1, -0.05) is 78.9 Å². The van der Waals surface area contributed by atoms with E-state index in [1.165, 1.54) is 0 Å². The molecule has 0 saturated carbocycles. The number of nitrogens with two attached hydrogens (primary N) is 3. The van der Waals surface area contributed by atoms with Crippen LogP contribution in [0.4, 0.5) is 10.5 Å². The maximum absolute atomic E-state index is 13.8. The first kappa shape index (κ1) is 37.8. The first-order valence-electron chi connectivity index (χ1n) is 16.8. The molecule has 0 fully saturated rings. The Hall–Kier alpha value is -6.47. The summed E-state index contributed by atoms with van der Waals surface area (Å²) in [5.74, 6) is -0.833. The highest BCUT2D eigenvalue weighted by Crippen LogP contribution is 2.30. The summed E-state index contributed by atoms with van der Waals surface area (Å²) in [6, 6.07) is 30.8. The van der Waals surface area contributed by atoms with Gasteiger partial charge in [0.15, 0.2) is 5.96 Å². The highest BCUT2D eigenvalue weighted by atomic mass is 35.5. The zero-order valence-corrected chi connectivity index (χ0v) is 29.4. The number of benzene rings is 5. The molecule has 0 unspecified atom stereocenters. The van der Waals surface area contributed by atoms with E-state index in [0.717, 1.165) is 27.4 Å². The summed E-state index contributed by atoms with van der Waals surface area (Å²) in [6.45, 7) is 0.252. The number of amides is 3. The number of fused-ring (bicyclic) bond motifs is 4. The van der Waals surface area contributed by atoms with Gasteiger partial charge in [0.2, 0.25) is 22.9 Å². The fourth-order valence-corrected chi connectivity index (χ4v) is 5.81. The lowest BCUT2D eigenvalue weighted by atomic mass is 10.0. The van der Waals surface area contributed by atoms with Crippen LogP contribution in [0.15, 0.2) is 124 Å².